The number of fused-ring (bicyclic) bond motifs is 1. The minimum Gasteiger partial charge on any atom is -0.369 e. The molecule has 158 valence electrons. The molecule has 3 heterocycles. The number of imide groups is 2. The Morgan fingerprint density at radius 2 is 1.80 bits per heavy atom. The average Bonchev–Trinajstić information content (AvgIpc) is 2.95. The molecule has 0 saturated carbocycles. The van der Waals surface area contributed by atoms with Crippen molar-refractivity contribution in [2.75, 3.05) is 13.1 Å². The van der Waals surface area contributed by atoms with Crippen LogP contribution in [-0.4, -0.2) is 58.5 Å². The number of primary amides is 1. The fraction of sp³-hybridized carbons (Fsp3) is 0.450. The first kappa shape index (κ1) is 20.1. The van der Waals surface area contributed by atoms with Crippen molar-refractivity contribution >= 4 is 29.5 Å². The lowest BCUT2D eigenvalue weighted by atomic mass is 9.95. The van der Waals surface area contributed by atoms with E-state index >= 15 is 4.39 Å². The van der Waals surface area contributed by atoms with E-state index in [0.29, 0.717) is 25.9 Å². The van der Waals surface area contributed by atoms with E-state index in [2.05, 4.69) is 5.32 Å². The summed E-state index contributed by atoms with van der Waals surface area (Å²) in [6.07, 6.45) is 1.18. The molecule has 3 N–H and O–H groups in total. The van der Waals surface area contributed by atoms with Crippen LogP contribution in [0.5, 0.6) is 0 Å². The second-order valence-electron chi connectivity index (χ2n) is 7.86. The van der Waals surface area contributed by atoms with Gasteiger partial charge in [-0.2, -0.15) is 0 Å². The Labute approximate surface area is 171 Å². The predicted octanol–water partition coefficient (Wildman–Crippen LogP) is -0.0758. The summed E-state index contributed by atoms with van der Waals surface area (Å²) in [7, 11) is 0. The normalized spacial score (nSPS) is 23.0. The van der Waals surface area contributed by atoms with E-state index in [1.807, 2.05) is 4.90 Å². The summed E-state index contributed by atoms with van der Waals surface area (Å²) >= 11 is 0. The highest BCUT2D eigenvalue weighted by molar-refractivity contribution is 6.23. The molecule has 1 aromatic rings. The molecule has 30 heavy (non-hydrogen) atoms. The molecule has 3 aliphatic heterocycles. The first-order chi connectivity index (χ1) is 14.3. The molecule has 9 nitrogen and oxygen atoms in total. The summed E-state index contributed by atoms with van der Waals surface area (Å²) in [6, 6.07) is 1.73. The fourth-order valence-corrected chi connectivity index (χ4v) is 4.30. The number of halogens is 1. The maximum absolute atomic E-state index is 15.2. The van der Waals surface area contributed by atoms with Crippen LogP contribution in [-0.2, 0) is 20.9 Å². The van der Waals surface area contributed by atoms with Crippen molar-refractivity contribution in [1.29, 1.82) is 0 Å². The average molecular weight is 416 g/mol. The van der Waals surface area contributed by atoms with Gasteiger partial charge in [-0.15, -0.1) is 0 Å². The summed E-state index contributed by atoms with van der Waals surface area (Å²) in [6.45, 7) is 1.36. The number of benzene rings is 1. The van der Waals surface area contributed by atoms with Crippen molar-refractivity contribution in [3.8, 4) is 0 Å². The molecule has 4 rings (SSSR count). The standard InChI is InChI=1S/C20H21FN4O5/c21-16-11(9-24-7-5-10(6-8-24)17(22)27)1-2-12-15(16)20(30)25(19(12)29)13-3-4-14(26)23-18(13)28/h1-2,10,13H,3-9H2,(H2,22,27)(H,23,26,28). The number of nitrogens with one attached hydrogen (secondary N) is 1. The van der Waals surface area contributed by atoms with E-state index < -0.39 is 35.5 Å². The largest absolute Gasteiger partial charge is 0.369 e. The Balaban J connectivity index is 1.54. The van der Waals surface area contributed by atoms with Crippen LogP contribution in [0.4, 0.5) is 4.39 Å². The number of amides is 5. The van der Waals surface area contributed by atoms with Gasteiger partial charge in [0.05, 0.1) is 11.1 Å². The lowest BCUT2D eigenvalue weighted by Crippen LogP contribution is -2.54. The summed E-state index contributed by atoms with van der Waals surface area (Å²) in [4.78, 5) is 63.0. The van der Waals surface area contributed by atoms with Gasteiger partial charge in [-0.05, 0) is 38.4 Å². The number of rotatable bonds is 4. The van der Waals surface area contributed by atoms with Gasteiger partial charge in [-0.3, -0.25) is 39.1 Å². The third kappa shape index (κ3) is 3.36. The first-order valence-corrected chi connectivity index (χ1v) is 9.82. The third-order valence-electron chi connectivity index (χ3n) is 6.01. The van der Waals surface area contributed by atoms with E-state index in [1.54, 1.807) is 0 Å². The Morgan fingerprint density at radius 1 is 1.10 bits per heavy atom. The quantitative estimate of drug-likeness (QED) is 0.661. The van der Waals surface area contributed by atoms with Gasteiger partial charge in [-0.1, -0.05) is 6.07 Å². The van der Waals surface area contributed by atoms with Crippen molar-refractivity contribution < 1.29 is 28.4 Å². The van der Waals surface area contributed by atoms with Gasteiger partial charge in [0.15, 0.2) is 0 Å². The summed E-state index contributed by atoms with van der Waals surface area (Å²) < 4.78 is 15.2. The third-order valence-corrected chi connectivity index (χ3v) is 6.01. The van der Waals surface area contributed by atoms with Crippen molar-refractivity contribution in [3.63, 3.8) is 0 Å². The Bertz CT molecular complexity index is 970. The van der Waals surface area contributed by atoms with Crippen LogP contribution in [0.1, 0.15) is 52.0 Å². The van der Waals surface area contributed by atoms with E-state index in [9.17, 15) is 24.0 Å². The van der Waals surface area contributed by atoms with Crippen LogP contribution >= 0.6 is 0 Å². The second-order valence-corrected chi connectivity index (χ2v) is 7.86. The summed E-state index contributed by atoms with van der Waals surface area (Å²) in [5.74, 6) is -4.12. The lowest BCUT2D eigenvalue weighted by Gasteiger charge is -2.30. The fourth-order valence-electron chi connectivity index (χ4n) is 4.30. The topological polar surface area (TPSA) is 130 Å². The number of carbonyl (C=O) groups excluding carboxylic acids is 5. The zero-order chi connectivity index (χ0) is 21.6. The van der Waals surface area contributed by atoms with Crippen LogP contribution in [0.25, 0.3) is 0 Å². The predicted molar refractivity (Wildman–Crippen MR) is 100 cm³/mol. The first-order valence-electron chi connectivity index (χ1n) is 9.82. The SMILES string of the molecule is NC(=O)C1CCN(Cc2ccc3c(c2F)C(=O)N(C2CCC(=O)NC2=O)C3=O)CC1. The van der Waals surface area contributed by atoms with E-state index in [4.69, 9.17) is 5.73 Å². The van der Waals surface area contributed by atoms with Crippen molar-refractivity contribution in [1.82, 2.24) is 15.1 Å². The monoisotopic (exact) mass is 416 g/mol. The maximum atomic E-state index is 15.2. The molecular weight excluding hydrogens is 395 g/mol. The van der Waals surface area contributed by atoms with Gasteiger partial charge < -0.3 is 5.73 Å². The van der Waals surface area contributed by atoms with Gasteiger partial charge in [0, 0.05) is 24.4 Å². The molecule has 5 amide bonds. The summed E-state index contributed by atoms with van der Waals surface area (Å²) in [5, 5.41) is 2.11. The Morgan fingerprint density at radius 3 is 2.43 bits per heavy atom. The molecule has 0 radical (unpaired) electrons. The van der Waals surface area contributed by atoms with Crippen LogP contribution in [0.3, 0.4) is 0 Å². The van der Waals surface area contributed by atoms with Gasteiger partial charge in [0.1, 0.15) is 11.9 Å². The van der Waals surface area contributed by atoms with Crippen LogP contribution < -0.4 is 11.1 Å². The molecular formula is C20H21FN4O5. The van der Waals surface area contributed by atoms with Gasteiger partial charge >= 0.3 is 0 Å². The number of hydrogen-bond acceptors (Lipinski definition) is 6. The highest BCUT2D eigenvalue weighted by Gasteiger charge is 2.46. The molecule has 1 aromatic carbocycles. The molecule has 3 aliphatic rings. The molecule has 0 aromatic heterocycles. The maximum Gasteiger partial charge on any atom is 0.265 e. The van der Waals surface area contributed by atoms with Crippen LogP contribution in [0, 0.1) is 11.7 Å². The molecule has 1 unspecified atom stereocenters. The number of piperidine rings is 2. The molecule has 0 aliphatic carbocycles. The van der Waals surface area contributed by atoms with Crippen molar-refractivity contribution in [2.24, 2.45) is 11.7 Å². The number of hydrogen-bond donors (Lipinski definition) is 2. The molecule has 0 bridgehead atoms. The smallest absolute Gasteiger partial charge is 0.265 e. The van der Waals surface area contributed by atoms with Gasteiger partial charge in [0.25, 0.3) is 11.8 Å². The number of likely N-dealkylation sites (tertiary alicyclic amines) is 1. The van der Waals surface area contributed by atoms with E-state index in [0.717, 1.165) is 4.90 Å². The minimum absolute atomic E-state index is 0.00119. The lowest BCUT2D eigenvalue weighted by molar-refractivity contribution is -0.136. The number of nitrogens with zero attached hydrogens (tertiary/aromatic N) is 2. The van der Waals surface area contributed by atoms with Crippen LogP contribution in [0.15, 0.2) is 12.1 Å². The van der Waals surface area contributed by atoms with Gasteiger partial charge in [0.2, 0.25) is 17.7 Å². The van der Waals surface area contributed by atoms with Crippen molar-refractivity contribution in [2.45, 2.75) is 38.3 Å². The molecule has 10 heteroatoms. The Hall–Kier alpha value is -3.14. The van der Waals surface area contributed by atoms with E-state index in [1.165, 1.54) is 12.1 Å². The highest BCUT2D eigenvalue weighted by atomic mass is 19.1. The van der Waals surface area contributed by atoms with E-state index in [-0.39, 0.29) is 47.9 Å². The number of carbonyl (C=O) groups is 5. The molecule has 0 spiro atoms. The second kappa shape index (κ2) is 7.60. The minimum atomic E-state index is -1.13. The Kier molecular flexibility index (Phi) is 5.10. The molecule has 2 saturated heterocycles. The van der Waals surface area contributed by atoms with Crippen molar-refractivity contribution in [3.05, 3.63) is 34.6 Å². The number of nitrogens with two attached hydrogens (primary N) is 1. The molecule has 1 atom stereocenters. The van der Waals surface area contributed by atoms with Crippen LogP contribution in [0.2, 0.25) is 0 Å². The molecule has 2 fully saturated rings. The highest BCUT2D eigenvalue weighted by Crippen LogP contribution is 2.31. The zero-order valence-electron chi connectivity index (χ0n) is 16.2. The zero-order valence-corrected chi connectivity index (χ0v) is 16.2. The van der Waals surface area contributed by atoms with Gasteiger partial charge in [-0.25, -0.2) is 4.39 Å². The summed E-state index contributed by atoms with van der Waals surface area (Å²) in [5.41, 5.74) is 5.17.